The van der Waals surface area contributed by atoms with Crippen molar-refractivity contribution < 1.29 is 20.1 Å². The van der Waals surface area contributed by atoms with Crippen molar-refractivity contribution in [2.75, 3.05) is 0 Å². The number of rotatable bonds is 4. The Morgan fingerprint density at radius 2 is 1.81 bits per heavy atom. The summed E-state index contributed by atoms with van der Waals surface area (Å²) < 4.78 is 1.86. The van der Waals surface area contributed by atoms with E-state index in [1.165, 1.54) is 0 Å². The fourth-order valence-electron chi connectivity index (χ4n) is 2.68. The standard InChI is InChI=1S/C22H16N3.Ir/c1-2-17-9-11-20(12-10-17)25-15-13-22(24-25)19-7-5-6-18(16-19)21-8-3-4-14-23-21;/h2-6,8-16H,1H2;/q-1;. The summed E-state index contributed by atoms with van der Waals surface area (Å²) in [4.78, 5) is 4.41. The van der Waals surface area contributed by atoms with Crippen molar-refractivity contribution in [3.05, 3.63) is 97.3 Å². The molecule has 3 nitrogen and oxygen atoms in total. The predicted molar refractivity (Wildman–Crippen MR) is 101 cm³/mol. The molecule has 0 saturated carbocycles. The molecule has 0 aliphatic carbocycles. The van der Waals surface area contributed by atoms with E-state index in [-0.39, 0.29) is 20.1 Å². The molecule has 0 spiro atoms. The van der Waals surface area contributed by atoms with Gasteiger partial charge in [0.15, 0.2) is 0 Å². The van der Waals surface area contributed by atoms with Gasteiger partial charge in [-0.15, -0.1) is 29.8 Å². The van der Waals surface area contributed by atoms with E-state index < -0.39 is 0 Å². The van der Waals surface area contributed by atoms with Crippen LogP contribution >= 0.6 is 0 Å². The van der Waals surface area contributed by atoms with Gasteiger partial charge in [-0.3, -0.25) is 9.67 Å². The van der Waals surface area contributed by atoms with E-state index >= 15 is 0 Å². The van der Waals surface area contributed by atoms with Gasteiger partial charge in [0.25, 0.3) is 0 Å². The molecule has 1 radical (unpaired) electrons. The summed E-state index contributed by atoms with van der Waals surface area (Å²) in [7, 11) is 0. The number of aromatic nitrogens is 3. The fourth-order valence-corrected chi connectivity index (χ4v) is 2.68. The summed E-state index contributed by atoms with van der Waals surface area (Å²) in [5.41, 5.74) is 5.93. The first-order valence-electron chi connectivity index (χ1n) is 8.05. The Bertz CT molecular complexity index is 1010. The first-order valence-corrected chi connectivity index (χ1v) is 8.05. The Hall–Kier alpha value is -2.81. The minimum absolute atomic E-state index is 0. The number of pyridine rings is 1. The largest absolute Gasteiger partial charge is 0.258 e. The van der Waals surface area contributed by atoms with E-state index in [2.05, 4.69) is 28.8 Å². The molecule has 0 N–H and O–H groups in total. The summed E-state index contributed by atoms with van der Waals surface area (Å²) in [6, 6.07) is 25.3. The Kier molecular flexibility index (Phi) is 5.57. The van der Waals surface area contributed by atoms with Crippen LogP contribution in [0.4, 0.5) is 0 Å². The smallest absolute Gasteiger partial charge is 0.0636 e. The van der Waals surface area contributed by atoms with Crippen molar-refractivity contribution in [1.29, 1.82) is 0 Å². The molecule has 26 heavy (non-hydrogen) atoms. The van der Waals surface area contributed by atoms with Crippen molar-refractivity contribution in [2.24, 2.45) is 0 Å². The predicted octanol–water partition coefficient (Wildman–Crippen LogP) is 5.04. The van der Waals surface area contributed by atoms with Gasteiger partial charge in [-0.2, -0.15) is 0 Å². The van der Waals surface area contributed by atoms with Gasteiger partial charge in [0.2, 0.25) is 0 Å². The Labute approximate surface area is 166 Å². The second-order valence-electron chi connectivity index (χ2n) is 5.65. The van der Waals surface area contributed by atoms with E-state index in [1.54, 1.807) is 6.20 Å². The third-order valence-electron chi connectivity index (χ3n) is 4.02. The molecule has 4 aromatic rings. The summed E-state index contributed by atoms with van der Waals surface area (Å²) in [6.07, 6.45) is 5.59. The van der Waals surface area contributed by atoms with Crippen molar-refractivity contribution in [3.8, 4) is 28.2 Å². The molecule has 0 amide bonds. The first kappa shape index (κ1) is 18.0. The quantitative estimate of drug-likeness (QED) is 0.357. The zero-order valence-electron chi connectivity index (χ0n) is 14.0. The van der Waals surface area contributed by atoms with Gasteiger partial charge in [-0.05, 0) is 29.8 Å². The number of hydrogen-bond acceptors (Lipinski definition) is 2. The van der Waals surface area contributed by atoms with Crippen molar-refractivity contribution in [2.45, 2.75) is 0 Å². The van der Waals surface area contributed by atoms with Gasteiger partial charge >= 0.3 is 0 Å². The molecule has 0 saturated heterocycles. The second kappa shape index (κ2) is 8.05. The zero-order valence-corrected chi connectivity index (χ0v) is 16.4. The average molecular weight is 515 g/mol. The Morgan fingerprint density at radius 1 is 0.962 bits per heavy atom. The molecule has 2 aromatic heterocycles. The summed E-state index contributed by atoms with van der Waals surface area (Å²) in [6.45, 7) is 3.78. The van der Waals surface area contributed by atoms with E-state index in [0.717, 1.165) is 33.8 Å². The molecule has 0 aliphatic rings. The molecule has 4 heteroatoms. The molecular formula is C22H16IrN3-. The molecule has 0 unspecified atom stereocenters. The number of hydrogen-bond donors (Lipinski definition) is 0. The summed E-state index contributed by atoms with van der Waals surface area (Å²) in [5.74, 6) is 0. The van der Waals surface area contributed by atoms with Crippen LogP contribution in [0, 0.1) is 6.07 Å². The maximum Gasteiger partial charge on any atom is 0.0636 e. The monoisotopic (exact) mass is 515 g/mol. The Morgan fingerprint density at radius 3 is 2.54 bits per heavy atom. The maximum atomic E-state index is 4.68. The minimum atomic E-state index is 0. The van der Waals surface area contributed by atoms with Crippen molar-refractivity contribution >= 4 is 6.08 Å². The fraction of sp³-hybridized carbons (Fsp3) is 0. The van der Waals surface area contributed by atoms with Crippen LogP contribution in [0.1, 0.15) is 5.56 Å². The minimum Gasteiger partial charge on any atom is -0.258 e. The van der Waals surface area contributed by atoms with Crippen molar-refractivity contribution in [3.63, 3.8) is 0 Å². The molecule has 129 valence electrons. The van der Waals surface area contributed by atoms with Gasteiger partial charge in [-0.25, -0.2) is 5.10 Å². The van der Waals surface area contributed by atoms with Crippen LogP contribution in [0.5, 0.6) is 0 Å². The number of nitrogens with zero attached hydrogens (tertiary/aromatic N) is 3. The topological polar surface area (TPSA) is 30.7 Å². The average Bonchev–Trinajstić information content (AvgIpc) is 3.19. The Balaban J connectivity index is 0.00000196. The summed E-state index contributed by atoms with van der Waals surface area (Å²) in [5, 5.41) is 4.68. The van der Waals surface area contributed by atoms with Gasteiger partial charge in [0.05, 0.1) is 11.4 Å². The van der Waals surface area contributed by atoms with Gasteiger partial charge in [0, 0.05) is 38.2 Å². The molecule has 2 aromatic carbocycles. The third kappa shape index (κ3) is 3.72. The first-order chi connectivity index (χ1) is 12.3. The number of benzene rings is 2. The van der Waals surface area contributed by atoms with Crippen molar-refractivity contribution in [1.82, 2.24) is 14.8 Å². The normalized spacial score (nSPS) is 10.2. The molecular weight excluding hydrogens is 498 g/mol. The van der Waals surface area contributed by atoms with Crippen LogP contribution in [-0.4, -0.2) is 14.8 Å². The van der Waals surface area contributed by atoms with E-state index in [0.29, 0.717) is 0 Å². The van der Waals surface area contributed by atoms with Gasteiger partial charge in [0.1, 0.15) is 0 Å². The molecule has 2 heterocycles. The van der Waals surface area contributed by atoms with E-state index in [9.17, 15) is 0 Å². The van der Waals surface area contributed by atoms with Crippen LogP contribution < -0.4 is 0 Å². The molecule has 0 fully saturated rings. The van der Waals surface area contributed by atoms with Crippen LogP contribution in [0.2, 0.25) is 0 Å². The van der Waals surface area contributed by atoms with E-state index in [1.807, 2.05) is 77.6 Å². The van der Waals surface area contributed by atoms with Gasteiger partial charge < -0.3 is 0 Å². The van der Waals surface area contributed by atoms with Crippen LogP contribution in [0.25, 0.3) is 34.3 Å². The second-order valence-corrected chi connectivity index (χ2v) is 5.65. The molecule has 0 bridgehead atoms. The summed E-state index contributed by atoms with van der Waals surface area (Å²) >= 11 is 0. The molecule has 0 aliphatic heterocycles. The van der Waals surface area contributed by atoms with Gasteiger partial charge in [-0.1, -0.05) is 42.5 Å². The zero-order chi connectivity index (χ0) is 17.1. The maximum absolute atomic E-state index is 4.68. The molecule has 0 atom stereocenters. The SMILES string of the molecule is C=Cc1ccc(-n2ccc(-c3[c-]ccc(-c4ccccn4)c3)n2)cc1.[Ir]. The third-order valence-corrected chi connectivity index (χ3v) is 4.02. The van der Waals surface area contributed by atoms with E-state index in [4.69, 9.17) is 0 Å². The molecule has 4 rings (SSSR count). The van der Waals surface area contributed by atoms with Crippen LogP contribution in [0.15, 0.2) is 85.7 Å². The van der Waals surface area contributed by atoms with Crippen LogP contribution in [0.3, 0.4) is 0 Å². The van der Waals surface area contributed by atoms with Crippen LogP contribution in [-0.2, 0) is 20.1 Å².